The number of nitrogen functional groups attached to an aromatic ring is 1. The lowest BCUT2D eigenvalue weighted by molar-refractivity contribution is 0.0827. The van der Waals surface area contributed by atoms with E-state index in [4.69, 9.17) is 5.73 Å². The number of carbonyl (C=O) groups excluding carboxylic acids is 1. The average Bonchev–Trinajstić information content (AvgIpc) is 2.49. The third kappa shape index (κ3) is 3.51. The summed E-state index contributed by atoms with van der Waals surface area (Å²) in [7, 11) is 3.46. The Morgan fingerprint density at radius 1 is 1.24 bits per heavy atom. The van der Waals surface area contributed by atoms with Crippen LogP contribution in [-0.2, 0) is 0 Å². The van der Waals surface area contributed by atoms with Gasteiger partial charge in [0.2, 0.25) is 0 Å². The number of anilines is 2. The molecule has 1 aromatic heterocycles. The second-order valence-corrected chi connectivity index (χ2v) is 5.15. The molecule has 1 atom stereocenters. The molecule has 0 fully saturated rings. The van der Waals surface area contributed by atoms with Gasteiger partial charge in [-0.2, -0.15) is 0 Å². The van der Waals surface area contributed by atoms with Crippen molar-refractivity contribution in [2.45, 2.75) is 13.0 Å². The molecular weight excluding hydrogens is 264 g/mol. The molecule has 2 rings (SSSR count). The first kappa shape index (κ1) is 14.8. The standard InChI is InChI=1S/C16H20N4O/c1-11(12-6-8-18-9-7-12)19-15-10-13(4-5-14(15)17)16(21)20(2)3/h4-11,19H,17H2,1-3H3. The molecule has 2 aromatic rings. The molecule has 3 N–H and O–H groups in total. The maximum absolute atomic E-state index is 12.0. The van der Waals surface area contributed by atoms with E-state index in [1.807, 2.05) is 19.1 Å². The fraction of sp³-hybridized carbons (Fsp3) is 0.250. The van der Waals surface area contributed by atoms with Crippen LogP contribution in [-0.4, -0.2) is 29.9 Å². The van der Waals surface area contributed by atoms with Gasteiger partial charge in [-0.15, -0.1) is 0 Å². The van der Waals surface area contributed by atoms with E-state index in [1.165, 1.54) is 0 Å². The molecule has 0 bridgehead atoms. The summed E-state index contributed by atoms with van der Waals surface area (Å²) in [6.07, 6.45) is 3.51. The largest absolute Gasteiger partial charge is 0.397 e. The minimum Gasteiger partial charge on any atom is -0.397 e. The Kier molecular flexibility index (Phi) is 4.42. The van der Waals surface area contributed by atoms with Gasteiger partial charge < -0.3 is 16.0 Å². The van der Waals surface area contributed by atoms with E-state index in [2.05, 4.69) is 10.3 Å². The van der Waals surface area contributed by atoms with Gasteiger partial charge in [0.05, 0.1) is 11.4 Å². The monoisotopic (exact) mass is 284 g/mol. The zero-order valence-corrected chi connectivity index (χ0v) is 12.5. The number of amides is 1. The van der Waals surface area contributed by atoms with Crippen molar-refractivity contribution < 1.29 is 4.79 Å². The summed E-state index contributed by atoms with van der Waals surface area (Å²) in [4.78, 5) is 17.6. The van der Waals surface area contributed by atoms with Crippen molar-refractivity contribution in [1.82, 2.24) is 9.88 Å². The molecule has 0 saturated carbocycles. The highest BCUT2D eigenvalue weighted by atomic mass is 16.2. The van der Waals surface area contributed by atoms with E-state index in [9.17, 15) is 4.79 Å². The van der Waals surface area contributed by atoms with Crippen LogP contribution in [0.1, 0.15) is 28.9 Å². The number of nitrogens with two attached hydrogens (primary N) is 1. The first-order valence-electron chi connectivity index (χ1n) is 6.76. The van der Waals surface area contributed by atoms with Gasteiger partial charge >= 0.3 is 0 Å². The summed E-state index contributed by atoms with van der Waals surface area (Å²) >= 11 is 0. The van der Waals surface area contributed by atoms with Gasteiger partial charge in [-0.25, -0.2) is 0 Å². The van der Waals surface area contributed by atoms with Crippen molar-refractivity contribution in [2.24, 2.45) is 0 Å². The topological polar surface area (TPSA) is 71.2 Å². The van der Waals surface area contributed by atoms with E-state index < -0.39 is 0 Å². The number of nitrogens with one attached hydrogen (secondary N) is 1. The zero-order chi connectivity index (χ0) is 15.4. The molecule has 0 aliphatic rings. The molecule has 0 spiro atoms. The molecule has 1 heterocycles. The van der Waals surface area contributed by atoms with Crippen LogP contribution in [0, 0.1) is 0 Å². The molecule has 0 radical (unpaired) electrons. The minimum absolute atomic E-state index is 0.0467. The summed E-state index contributed by atoms with van der Waals surface area (Å²) < 4.78 is 0. The minimum atomic E-state index is -0.0467. The van der Waals surface area contributed by atoms with Crippen LogP contribution in [0.25, 0.3) is 0 Å². The number of aromatic nitrogens is 1. The predicted molar refractivity (Wildman–Crippen MR) is 85.1 cm³/mol. The highest BCUT2D eigenvalue weighted by Gasteiger charge is 2.12. The van der Waals surface area contributed by atoms with Gasteiger partial charge in [-0.05, 0) is 42.8 Å². The zero-order valence-electron chi connectivity index (χ0n) is 12.5. The number of carbonyl (C=O) groups is 1. The van der Waals surface area contributed by atoms with E-state index in [0.29, 0.717) is 11.3 Å². The number of hydrogen-bond acceptors (Lipinski definition) is 4. The highest BCUT2D eigenvalue weighted by Crippen LogP contribution is 2.25. The van der Waals surface area contributed by atoms with Crippen molar-refractivity contribution in [1.29, 1.82) is 0 Å². The number of pyridine rings is 1. The van der Waals surface area contributed by atoms with Gasteiger partial charge in [-0.1, -0.05) is 0 Å². The van der Waals surface area contributed by atoms with Crippen molar-refractivity contribution in [3.05, 3.63) is 53.9 Å². The quantitative estimate of drug-likeness (QED) is 0.846. The summed E-state index contributed by atoms with van der Waals surface area (Å²) in [6.45, 7) is 2.04. The number of hydrogen-bond donors (Lipinski definition) is 2. The highest BCUT2D eigenvalue weighted by molar-refractivity contribution is 5.95. The summed E-state index contributed by atoms with van der Waals surface area (Å²) in [5, 5.41) is 3.34. The first-order valence-corrected chi connectivity index (χ1v) is 6.76. The Morgan fingerprint density at radius 3 is 2.52 bits per heavy atom. The van der Waals surface area contributed by atoms with Crippen LogP contribution in [0.3, 0.4) is 0 Å². The van der Waals surface area contributed by atoms with Gasteiger partial charge in [0, 0.05) is 38.1 Å². The number of benzene rings is 1. The van der Waals surface area contributed by atoms with Gasteiger partial charge in [0.25, 0.3) is 5.91 Å². The Bertz CT molecular complexity index is 625. The molecule has 5 heteroatoms. The molecule has 0 aliphatic carbocycles. The second-order valence-electron chi connectivity index (χ2n) is 5.15. The van der Waals surface area contributed by atoms with E-state index in [1.54, 1.807) is 49.6 Å². The van der Waals surface area contributed by atoms with Crippen molar-refractivity contribution in [3.8, 4) is 0 Å². The molecule has 1 unspecified atom stereocenters. The fourth-order valence-corrected chi connectivity index (χ4v) is 2.04. The molecule has 110 valence electrons. The van der Waals surface area contributed by atoms with Crippen LogP contribution >= 0.6 is 0 Å². The van der Waals surface area contributed by atoms with Crippen molar-refractivity contribution in [2.75, 3.05) is 25.1 Å². The average molecular weight is 284 g/mol. The Hall–Kier alpha value is -2.56. The normalized spacial score (nSPS) is 11.8. The summed E-state index contributed by atoms with van der Waals surface area (Å²) in [5.74, 6) is -0.0467. The summed E-state index contributed by atoms with van der Waals surface area (Å²) in [6, 6.07) is 9.24. The van der Waals surface area contributed by atoms with Crippen LogP contribution in [0.4, 0.5) is 11.4 Å². The van der Waals surface area contributed by atoms with Crippen LogP contribution < -0.4 is 11.1 Å². The third-order valence-electron chi connectivity index (χ3n) is 3.28. The lowest BCUT2D eigenvalue weighted by Crippen LogP contribution is -2.22. The lowest BCUT2D eigenvalue weighted by atomic mass is 10.1. The van der Waals surface area contributed by atoms with Gasteiger partial charge in [0.1, 0.15) is 0 Å². The van der Waals surface area contributed by atoms with Crippen molar-refractivity contribution >= 4 is 17.3 Å². The molecule has 0 aliphatic heterocycles. The SMILES string of the molecule is CC(Nc1cc(C(=O)N(C)C)ccc1N)c1ccncc1. The van der Waals surface area contributed by atoms with E-state index in [-0.39, 0.29) is 11.9 Å². The summed E-state index contributed by atoms with van der Waals surface area (Å²) in [5.41, 5.74) is 9.08. The lowest BCUT2D eigenvalue weighted by Gasteiger charge is -2.18. The maximum Gasteiger partial charge on any atom is 0.253 e. The molecule has 1 aromatic carbocycles. The molecule has 0 saturated heterocycles. The Labute approximate surface area is 124 Å². The predicted octanol–water partition coefficient (Wildman–Crippen LogP) is 2.54. The van der Waals surface area contributed by atoms with E-state index >= 15 is 0 Å². The van der Waals surface area contributed by atoms with Crippen LogP contribution in [0.2, 0.25) is 0 Å². The fourth-order valence-electron chi connectivity index (χ4n) is 2.04. The second kappa shape index (κ2) is 6.26. The molecule has 1 amide bonds. The van der Waals surface area contributed by atoms with Gasteiger partial charge in [0.15, 0.2) is 0 Å². The number of nitrogens with zero attached hydrogens (tertiary/aromatic N) is 2. The number of rotatable bonds is 4. The third-order valence-corrected chi connectivity index (χ3v) is 3.28. The molecule has 5 nitrogen and oxygen atoms in total. The van der Waals surface area contributed by atoms with Crippen molar-refractivity contribution in [3.63, 3.8) is 0 Å². The Morgan fingerprint density at radius 2 is 1.90 bits per heavy atom. The van der Waals surface area contributed by atoms with Crippen LogP contribution in [0.5, 0.6) is 0 Å². The molecular formula is C16H20N4O. The van der Waals surface area contributed by atoms with E-state index in [0.717, 1.165) is 11.3 Å². The smallest absolute Gasteiger partial charge is 0.253 e. The first-order chi connectivity index (χ1) is 9.99. The van der Waals surface area contributed by atoms with Gasteiger partial charge in [-0.3, -0.25) is 9.78 Å². The Balaban J connectivity index is 2.23. The maximum atomic E-state index is 12.0. The molecule has 21 heavy (non-hydrogen) atoms. The van der Waals surface area contributed by atoms with Crippen LogP contribution in [0.15, 0.2) is 42.7 Å².